The van der Waals surface area contributed by atoms with Crippen molar-refractivity contribution in [1.82, 2.24) is 10.9 Å². The molecule has 30 heavy (non-hydrogen) atoms. The lowest BCUT2D eigenvalue weighted by Crippen LogP contribution is -2.40. The molecule has 150 valence electrons. The molecule has 0 aromatic heterocycles. The summed E-state index contributed by atoms with van der Waals surface area (Å²) in [5.41, 5.74) is 7.09. The van der Waals surface area contributed by atoms with Crippen molar-refractivity contribution in [3.8, 4) is 5.75 Å². The van der Waals surface area contributed by atoms with Gasteiger partial charge in [-0.25, -0.2) is 4.79 Å². The van der Waals surface area contributed by atoms with Crippen LogP contribution in [0.3, 0.4) is 0 Å². The van der Waals surface area contributed by atoms with E-state index >= 15 is 0 Å². The van der Waals surface area contributed by atoms with Crippen LogP contribution in [0.15, 0.2) is 84.9 Å². The fraction of sp³-hybridized carbons (Fsp3) is 0.0417. The molecule has 0 radical (unpaired) electrons. The van der Waals surface area contributed by atoms with Crippen molar-refractivity contribution in [2.45, 2.75) is 6.92 Å². The Morgan fingerprint density at radius 1 is 0.767 bits per heavy atom. The summed E-state index contributed by atoms with van der Waals surface area (Å²) in [6, 6.07) is 22.4. The monoisotopic (exact) mass is 400 g/mol. The summed E-state index contributed by atoms with van der Waals surface area (Å²) < 4.78 is 5.47. The van der Waals surface area contributed by atoms with Gasteiger partial charge in [0.05, 0.1) is 5.56 Å². The Bertz CT molecular complexity index is 1070. The van der Waals surface area contributed by atoms with Crippen LogP contribution in [0.4, 0.5) is 0 Å². The van der Waals surface area contributed by atoms with Crippen LogP contribution in [0.1, 0.15) is 31.8 Å². The van der Waals surface area contributed by atoms with E-state index in [1.54, 1.807) is 66.7 Å². The van der Waals surface area contributed by atoms with Gasteiger partial charge in [-0.05, 0) is 43.3 Å². The Hall–Kier alpha value is -4.19. The van der Waals surface area contributed by atoms with Gasteiger partial charge < -0.3 is 4.74 Å². The first-order valence-electron chi connectivity index (χ1n) is 9.24. The minimum atomic E-state index is -0.529. The van der Waals surface area contributed by atoms with Crippen molar-refractivity contribution in [3.63, 3.8) is 0 Å². The van der Waals surface area contributed by atoms with Crippen LogP contribution in [-0.4, -0.2) is 17.8 Å². The molecule has 2 amide bonds. The number of para-hydroxylation sites is 1. The summed E-state index contributed by atoms with van der Waals surface area (Å²) in [6.07, 6.45) is 2.74. The van der Waals surface area contributed by atoms with Gasteiger partial charge in [-0.1, -0.05) is 54.1 Å². The first-order chi connectivity index (χ1) is 14.5. The third kappa shape index (κ3) is 5.65. The topological polar surface area (TPSA) is 84.5 Å². The smallest absolute Gasteiger partial charge is 0.343 e. The maximum absolute atomic E-state index is 12.4. The fourth-order valence-electron chi connectivity index (χ4n) is 2.55. The van der Waals surface area contributed by atoms with Gasteiger partial charge in [-0.2, -0.15) is 0 Å². The number of aryl methyl sites for hydroxylation is 1. The van der Waals surface area contributed by atoms with E-state index in [9.17, 15) is 14.4 Å². The number of hydrazine groups is 1. The zero-order chi connectivity index (χ0) is 21.3. The summed E-state index contributed by atoms with van der Waals surface area (Å²) in [6.45, 7) is 1.93. The molecule has 0 unspecified atom stereocenters. The number of benzene rings is 3. The number of ether oxygens (including phenoxy) is 1. The van der Waals surface area contributed by atoms with Crippen LogP contribution in [0.2, 0.25) is 0 Å². The van der Waals surface area contributed by atoms with Crippen LogP contribution < -0.4 is 15.6 Å². The highest BCUT2D eigenvalue weighted by molar-refractivity contribution is 5.98. The first kappa shape index (κ1) is 20.5. The number of nitrogens with one attached hydrogen (secondary N) is 2. The minimum absolute atomic E-state index is 0.320. The van der Waals surface area contributed by atoms with Gasteiger partial charge in [0.2, 0.25) is 0 Å². The van der Waals surface area contributed by atoms with Crippen molar-refractivity contribution in [3.05, 3.63) is 107 Å². The van der Waals surface area contributed by atoms with Crippen LogP contribution in [0.25, 0.3) is 6.08 Å². The minimum Gasteiger partial charge on any atom is -0.422 e. The summed E-state index contributed by atoms with van der Waals surface area (Å²) in [7, 11) is 0. The van der Waals surface area contributed by atoms with Gasteiger partial charge in [-0.15, -0.1) is 0 Å². The normalized spacial score (nSPS) is 10.4. The summed E-state index contributed by atoms with van der Waals surface area (Å²) >= 11 is 0. The molecule has 0 heterocycles. The second kappa shape index (κ2) is 9.84. The zero-order valence-corrected chi connectivity index (χ0v) is 16.3. The molecule has 0 saturated carbocycles. The fourth-order valence-corrected chi connectivity index (χ4v) is 2.55. The number of carbonyl (C=O) groups is 3. The van der Waals surface area contributed by atoms with Crippen molar-refractivity contribution >= 4 is 23.9 Å². The molecule has 0 bridgehead atoms. The Kier molecular flexibility index (Phi) is 6.74. The molecule has 0 aliphatic rings. The predicted octanol–water partition coefficient (Wildman–Crippen LogP) is 3.69. The van der Waals surface area contributed by atoms with Gasteiger partial charge in [0, 0.05) is 17.2 Å². The standard InChI is InChI=1S/C24H20N2O4/c1-17-11-13-20(14-12-17)24(29)30-21-10-6-5-7-18(21)15-16-22(27)25-26-23(28)19-8-3-2-4-9-19/h2-16H,1H3,(H,25,27)(H,26,28)/b16-15+. The molecule has 3 aromatic rings. The zero-order valence-electron chi connectivity index (χ0n) is 16.3. The van der Waals surface area contributed by atoms with E-state index in [1.807, 2.05) is 19.1 Å². The Morgan fingerprint density at radius 2 is 1.43 bits per heavy atom. The Labute approximate surface area is 174 Å². The molecule has 2 N–H and O–H groups in total. The van der Waals surface area contributed by atoms with Gasteiger partial charge in [0.1, 0.15) is 5.75 Å². The number of amides is 2. The molecule has 0 aliphatic heterocycles. The van der Waals surface area contributed by atoms with Crippen molar-refractivity contribution in [2.24, 2.45) is 0 Å². The number of rotatable bonds is 5. The number of hydrogen-bond donors (Lipinski definition) is 2. The van der Waals surface area contributed by atoms with Crippen LogP contribution in [0.5, 0.6) is 5.75 Å². The second-order valence-electron chi connectivity index (χ2n) is 6.44. The molecule has 6 nitrogen and oxygen atoms in total. The number of esters is 1. The molecule has 0 spiro atoms. The van der Waals surface area contributed by atoms with E-state index in [0.29, 0.717) is 22.4 Å². The number of hydrogen-bond acceptors (Lipinski definition) is 4. The predicted molar refractivity (Wildman–Crippen MR) is 114 cm³/mol. The van der Waals surface area contributed by atoms with E-state index in [2.05, 4.69) is 10.9 Å². The third-order valence-electron chi connectivity index (χ3n) is 4.16. The third-order valence-corrected chi connectivity index (χ3v) is 4.16. The molecule has 0 saturated heterocycles. The molecular formula is C24H20N2O4. The van der Waals surface area contributed by atoms with Gasteiger partial charge in [0.15, 0.2) is 0 Å². The largest absolute Gasteiger partial charge is 0.422 e. The molecule has 3 aromatic carbocycles. The molecular weight excluding hydrogens is 380 g/mol. The van der Waals surface area contributed by atoms with Gasteiger partial charge in [0.25, 0.3) is 11.8 Å². The van der Waals surface area contributed by atoms with Gasteiger partial charge in [-0.3, -0.25) is 20.4 Å². The second-order valence-corrected chi connectivity index (χ2v) is 6.44. The average molecular weight is 400 g/mol. The maximum atomic E-state index is 12.4. The molecule has 0 aliphatic carbocycles. The lowest BCUT2D eigenvalue weighted by Gasteiger charge is -2.08. The van der Waals surface area contributed by atoms with E-state index in [-0.39, 0.29) is 0 Å². The highest BCUT2D eigenvalue weighted by Crippen LogP contribution is 2.21. The Balaban J connectivity index is 1.61. The van der Waals surface area contributed by atoms with E-state index in [4.69, 9.17) is 4.74 Å². The lowest BCUT2D eigenvalue weighted by atomic mass is 10.1. The molecule has 0 fully saturated rings. The summed E-state index contributed by atoms with van der Waals surface area (Å²) in [5, 5.41) is 0. The molecule has 6 heteroatoms. The number of carbonyl (C=O) groups excluding carboxylic acids is 3. The summed E-state index contributed by atoms with van der Waals surface area (Å²) in [5.74, 6) is -1.13. The average Bonchev–Trinajstić information content (AvgIpc) is 2.78. The van der Waals surface area contributed by atoms with Crippen molar-refractivity contribution in [2.75, 3.05) is 0 Å². The summed E-state index contributed by atoms with van der Waals surface area (Å²) in [4.78, 5) is 36.3. The quantitative estimate of drug-likeness (QED) is 0.296. The van der Waals surface area contributed by atoms with Crippen molar-refractivity contribution in [1.29, 1.82) is 0 Å². The highest BCUT2D eigenvalue weighted by atomic mass is 16.5. The van der Waals surface area contributed by atoms with Crippen LogP contribution >= 0.6 is 0 Å². The maximum Gasteiger partial charge on any atom is 0.343 e. The molecule has 3 rings (SSSR count). The van der Waals surface area contributed by atoms with E-state index in [0.717, 1.165) is 5.56 Å². The van der Waals surface area contributed by atoms with Crippen LogP contribution in [-0.2, 0) is 4.79 Å². The first-order valence-corrected chi connectivity index (χ1v) is 9.24. The van der Waals surface area contributed by atoms with Crippen LogP contribution in [0, 0.1) is 6.92 Å². The highest BCUT2D eigenvalue weighted by Gasteiger charge is 2.11. The van der Waals surface area contributed by atoms with Crippen molar-refractivity contribution < 1.29 is 19.1 Å². The van der Waals surface area contributed by atoms with E-state index < -0.39 is 17.8 Å². The SMILES string of the molecule is Cc1ccc(C(=O)Oc2ccccc2/C=C/C(=O)NNC(=O)c2ccccc2)cc1. The lowest BCUT2D eigenvalue weighted by molar-refractivity contribution is -0.117. The molecule has 0 atom stereocenters. The van der Waals surface area contributed by atoms with E-state index in [1.165, 1.54) is 12.2 Å². The Morgan fingerprint density at radius 3 is 2.17 bits per heavy atom. The van der Waals surface area contributed by atoms with Gasteiger partial charge >= 0.3 is 5.97 Å².